The SMILES string of the molecule is COCCOCc1cc(C(=O)NC2CC3CCC(C2)N3)ccc1F.Cl. The first-order valence-electron chi connectivity index (χ1n) is 8.57. The molecule has 0 radical (unpaired) electrons. The molecule has 0 saturated carbocycles. The van der Waals surface area contributed by atoms with Crippen LogP contribution in [0.4, 0.5) is 4.39 Å². The minimum Gasteiger partial charge on any atom is -0.382 e. The van der Waals surface area contributed by atoms with E-state index < -0.39 is 0 Å². The summed E-state index contributed by atoms with van der Waals surface area (Å²) in [5, 5.41) is 6.65. The maximum absolute atomic E-state index is 13.9. The fourth-order valence-corrected chi connectivity index (χ4v) is 3.59. The third kappa shape index (κ3) is 5.38. The van der Waals surface area contributed by atoms with Crippen LogP contribution in [0.1, 0.15) is 41.6 Å². The van der Waals surface area contributed by atoms with Crippen molar-refractivity contribution in [3.8, 4) is 0 Å². The van der Waals surface area contributed by atoms with Crippen molar-refractivity contribution in [1.29, 1.82) is 0 Å². The maximum atomic E-state index is 13.9. The lowest BCUT2D eigenvalue weighted by atomic mass is 9.99. The number of nitrogens with one attached hydrogen (secondary N) is 2. The van der Waals surface area contributed by atoms with Gasteiger partial charge in [-0.25, -0.2) is 4.39 Å². The van der Waals surface area contributed by atoms with E-state index in [-0.39, 0.29) is 36.8 Å². The van der Waals surface area contributed by atoms with Gasteiger partial charge in [0.05, 0.1) is 19.8 Å². The quantitative estimate of drug-likeness (QED) is 0.722. The standard InChI is InChI=1S/C18H25FN2O3.ClH/c1-23-6-7-24-11-13-8-12(2-5-17(13)19)18(22)21-16-9-14-3-4-15(10-16)20-14;/h2,5,8,14-16,20H,3-4,6-7,9-11H2,1H3,(H,21,22);1H. The number of ether oxygens (including phenoxy) is 2. The molecule has 1 aromatic rings. The van der Waals surface area contributed by atoms with Crippen LogP contribution in [0.25, 0.3) is 0 Å². The van der Waals surface area contributed by atoms with E-state index in [1.807, 2.05) is 0 Å². The molecule has 7 heteroatoms. The first-order chi connectivity index (χ1) is 11.7. The zero-order valence-electron chi connectivity index (χ0n) is 14.4. The highest BCUT2D eigenvalue weighted by Crippen LogP contribution is 2.27. The summed E-state index contributed by atoms with van der Waals surface area (Å²) in [7, 11) is 1.59. The number of piperidine rings is 1. The van der Waals surface area contributed by atoms with Gasteiger partial charge in [-0.15, -0.1) is 12.4 Å². The van der Waals surface area contributed by atoms with Crippen LogP contribution in [-0.2, 0) is 16.1 Å². The predicted molar refractivity (Wildman–Crippen MR) is 95.6 cm³/mol. The van der Waals surface area contributed by atoms with E-state index in [2.05, 4.69) is 10.6 Å². The van der Waals surface area contributed by atoms with Gasteiger partial charge in [-0.2, -0.15) is 0 Å². The normalized spacial score (nSPS) is 24.6. The fourth-order valence-electron chi connectivity index (χ4n) is 3.59. The minimum atomic E-state index is -0.358. The van der Waals surface area contributed by atoms with Gasteiger partial charge >= 0.3 is 0 Å². The molecular formula is C18H26ClFN2O3. The second-order valence-electron chi connectivity index (χ2n) is 6.63. The first kappa shape index (κ1) is 20.1. The summed E-state index contributed by atoms with van der Waals surface area (Å²) >= 11 is 0. The van der Waals surface area contributed by atoms with Crippen LogP contribution in [-0.4, -0.2) is 44.4 Å². The topological polar surface area (TPSA) is 59.6 Å². The van der Waals surface area contributed by atoms with E-state index >= 15 is 0 Å². The molecule has 140 valence electrons. The van der Waals surface area contributed by atoms with E-state index in [1.165, 1.54) is 25.0 Å². The van der Waals surface area contributed by atoms with Crippen molar-refractivity contribution in [2.45, 2.75) is 50.4 Å². The molecular weight excluding hydrogens is 347 g/mol. The van der Waals surface area contributed by atoms with Crippen LogP contribution >= 0.6 is 12.4 Å². The molecule has 0 aromatic heterocycles. The average molecular weight is 373 g/mol. The smallest absolute Gasteiger partial charge is 0.251 e. The van der Waals surface area contributed by atoms with Crippen LogP contribution in [0.2, 0.25) is 0 Å². The van der Waals surface area contributed by atoms with Gasteiger partial charge in [0.15, 0.2) is 0 Å². The molecule has 0 aliphatic carbocycles. The number of methoxy groups -OCH3 is 1. The molecule has 3 rings (SSSR count). The summed E-state index contributed by atoms with van der Waals surface area (Å²) in [6, 6.07) is 5.67. The van der Waals surface area contributed by atoms with E-state index in [0.717, 1.165) is 12.8 Å². The van der Waals surface area contributed by atoms with Crippen molar-refractivity contribution < 1.29 is 18.7 Å². The Kier molecular flexibility index (Phi) is 7.62. The Morgan fingerprint density at radius 3 is 2.68 bits per heavy atom. The maximum Gasteiger partial charge on any atom is 0.251 e. The van der Waals surface area contributed by atoms with Crippen LogP contribution in [0.5, 0.6) is 0 Å². The molecule has 2 fully saturated rings. The van der Waals surface area contributed by atoms with Gasteiger partial charge in [-0.05, 0) is 43.9 Å². The highest BCUT2D eigenvalue weighted by Gasteiger charge is 2.34. The van der Waals surface area contributed by atoms with E-state index in [4.69, 9.17) is 9.47 Å². The van der Waals surface area contributed by atoms with Gasteiger partial charge in [0.25, 0.3) is 5.91 Å². The highest BCUT2D eigenvalue weighted by molar-refractivity contribution is 5.94. The first-order valence-corrected chi connectivity index (χ1v) is 8.57. The summed E-state index contributed by atoms with van der Waals surface area (Å²) in [5.74, 6) is -0.497. The lowest BCUT2D eigenvalue weighted by Crippen LogP contribution is -2.48. The van der Waals surface area contributed by atoms with Crippen LogP contribution in [0.3, 0.4) is 0 Å². The molecule has 2 heterocycles. The number of fused-ring (bicyclic) bond motifs is 2. The van der Waals surface area contributed by atoms with Gasteiger partial charge in [0, 0.05) is 36.4 Å². The third-order valence-corrected chi connectivity index (χ3v) is 4.81. The molecule has 2 atom stereocenters. The van der Waals surface area contributed by atoms with Crippen molar-refractivity contribution in [2.75, 3.05) is 20.3 Å². The summed E-state index contributed by atoms with van der Waals surface area (Å²) < 4.78 is 24.1. The largest absolute Gasteiger partial charge is 0.382 e. The second-order valence-corrected chi connectivity index (χ2v) is 6.63. The molecule has 1 aromatic carbocycles. The Morgan fingerprint density at radius 1 is 1.28 bits per heavy atom. The Hall–Kier alpha value is -1.21. The number of carbonyl (C=O) groups is 1. The van der Waals surface area contributed by atoms with E-state index in [9.17, 15) is 9.18 Å². The summed E-state index contributed by atoms with van der Waals surface area (Å²) in [5.41, 5.74) is 0.872. The zero-order chi connectivity index (χ0) is 16.9. The van der Waals surface area contributed by atoms with Gasteiger partial charge in [-0.3, -0.25) is 4.79 Å². The molecule has 2 saturated heterocycles. The van der Waals surface area contributed by atoms with Gasteiger partial charge < -0.3 is 20.1 Å². The van der Waals surface area contributed by atoms with E-state index in [1.54, 1.807) is 13.2 Å². The fraction of sp³-hybridized carbons (Fsp3) is 0.611. The number of hydrogen-bond acceptors (Lipinski definition) is 4. The Bertz CT molecular complexity index is 575. The summed E-state index contributed by atoms with van der Waals surface area (Å²) in [6.45, 7) is 0.984. The van der Waals surface area contributed by atoms with Crippen molar-refractivity contribution in [3.63, 3.8) is 0 Å². The molecule has 1 amide bonds. The Morgan fingerprint density at radius 2 is 2.00 bits per heavy atom. The number of carbonyl (C=O) groups excluding carboxylic acids is 1. The van der Waals surface area contributed by atoms with Crippen molar-refractivity contribution >= 4 is 18.3 Å². The average Bonchev–Trinajstić information content (AvgIpc) is 2.91. The molecule has 5 nitrogen and oxygen atoms in total. The van der Waals surface area contributed by atoms with Crippen LogP contribution in [0, 0.1) is 5.82 Å². The molecule has 25 heavy (non-hydrogen) atoms. The molecule has 2 N–H and O–H groups in total. The molecule has 2 bridgehead atoms. The van der Waals surface area contributed by atoms with Crippen LogP contribution < -0.4 is 10.6 Å². The zero-order valence-corrected chi connectivity index (χ0v) is 15.2. The lowest BCUT2D eigenvalue weighted by molar-refractivity contribution is 0.0603. The predicted octanol–water partition coefficient (Wildman–Crippen LogP) is 2.42. The number of rotatable bonds is 7. The highest BCUT2D eigenvalue weighted by atomic mass is 35.5. The van der Waals surface area contributed by atoms with Crippen molar-refractivity contribution in [1.82, 2.24) is 10.6 Å². The Labute approximate surface area is 154 Å². The number of benzene rings is 1. The Balaban J connectivity index is 0.00000225. The molecule has 2 unspecified atom stereocenters. The lowest BCUT2D eigenvalue weighted by Gasteiger charge is -2.29. The third-order valence-electron chi connectivity index (χ3n) is 4.81. The second kappa shape index (κ2) is 9.48. The van der Waals surface area contributed by atoms with Crippen molar-refractivity contribution in [3.05, 3.63) is 35.1 Å². The number of hydrogen-bond donors (Lipinski definition) is 2. The van der Waals surface area contributed by atoms with Crippen LogP contribution in [0.15, 0.2) is 18.2 Å². The number of amides is 1. The molecule has 0 spiro atoms. The van der Waals surface area contributed by atoms with Gasteiger partial charge in [0.2, 0.25) is 0 Å². The monoisotopic (exact) mass is 372 g/mol. The van der Waals surface area contributed by atoms with Gasteiger partial charge in [0.1, 0.15) is 5.82 Å². The number of halogens is 2. The van der Waals surface area contributed by atoms with E-state index in [0.29, 0.717) is 36.4 Å². The van der Waals surface area contributed by atoms with Crippen molar-refractivity contribution in [2.24, 2.45) is 0 Å². The molecule has 2 aliphatic rings. The summed E-state index contributed by atoms with van der Waals surface area (Å²) in [6.07, 6.45) is 4.32. The van der Waals surface area contributed by atoms with Gasteiger partial charge in [-0.1, -0.05) is 0 Å². The summed E-state index contributed by atoms with van der Waals surface area (Å²) in [4.78, 5) is 12.5. The molecule has 2 aliphatic heterocycles. The minimum absolute atomic E-state index is 0.